The molecule has 1 aliphatic carbocycles. The molecule has 8 nitrogen and oxygen atoms in total. The summed E-state index contributed by atoms with van der Waals surface area (Å²) in [6.07, 6.45) is 7.16. The van der Waals surface area contributed by atoms with Gasteiger partial charge >= 0.3 is 0 Å². The number of ether oxygens (including phenoxy) is 1. The minimum absolute atomic E-state index is 0.0872. The van der Waals surface area contributed by atoms with E-state index in [9.17, 15) is 18.0 Å². The molecule has 2 amide bonds. The summed E-state index contributed by atoms with van der Waals surface area (Å²) in [6.45, 7) is 2.41. The molecule has 3 aromatic carbocycles. The van der Waals surface area contributed by atoms with Gasteiger partial charge in [-0.2, -0.15) is 0 Å². The lowest BCUT2D eigenvalue weighted by molar-refractivity contribution is -0.141. The number of amides is 2. The Balaban J connectivity index is 1.58. The van der Waals surface area contributed by atoms with E-state index in [0.29, 0.717) is 17.9 Å². The molecular weight excluding hydrogens is 574 g/mol. The van der Waals surface area contributed by atoms with Crippen LogP contribution >= 0.6 is 0 Å². The molecule has 1 atom stereocenters. The van der Waals surface area contributed by atoms with Crippen LogP contribution in [0.15, 0.2) is 78.9 Å². The van der Waals surface area contributed by atoms with Gasteiger partial charge in [0.1, 0.15) is 11.8 Å². The van der Waals surface area contributed by atoms with Crippen molar-refractivity contribution in [3.63, 3.8) is 0 Å². The SMILES string of the molecule is COc1cccc(N(CCCC(=O)N(Cc2ccc(C)cc2)[C@H](Cc2ccccc2)C(=O)NC2CCCCC2)S(C)(=O)=O)c1. The van der Waals surface area contributed by atoms with Gasteiger partial charge in [-0.25, -0.2) is 8.42 Å². The van der Waals surface area contributed by atoms with Crippen LogP contribution in [0.1, 0.15) is 61.6 Å². The average molecular weight is 620 g/mol. The first-order chi connectivity index (χ1) is 21.1. The van der Waals surface area contributed by atoms with Gasteiger partial charge in [-0.3, -0.25) is 13.9 Å². The lowest BCUT2D eigenvalue weighted by Gasteiger charge is -2.34. The molecule has 0 aromatic heterocycles. The zero-order chi connectivity index (χ0) is 31.5. The highest BCUT2D eigenvalue weighted by molar-refractivity contribution is 7.92. The topological polar surface area (TPSA) is 96.0 Å². The summed E-state index contributed by atoms with van der Waals surface area (Å²) in [7, 11) is -2.08. The number of hydrogen-bond donors (Lipinski definition) is 1. The summed E-state index contributed by atoms with van der Waals surface area (Å²) in [6, 6.07) is 24.0. The first-order valence-electron chi connectivity index (χ1n) is 15.4. The number of hydrogen-bond acceptors (Lipinski definition) is 5. The standard InChI is InChI=1S/C35H45N3O5S/c1-27-19-21-29(22-20-27)26-37(33(24-28-12-6-4-7-13-28)35(40)36-30-14-8-5-9-15-30)34(39)18-11-23-38(44(3,41)42)31-16-10-17-32(25-31)43-2/h4,6-7,10,12-13,16-17,19-22,25,30,33H,5,8-9,11,14-15,18,23-24,26H2,1-3H3,(H,36,40)/t33-/m1/s1. The van der Waals surface area contributed by atoms with E-state index in [2.05, 4.69) is 5.32 Å². The van der Waals surface area contributed by atoms with Crippen molar-refractivity contribution in [2.45, 2.75) is 76.9 Å². The molecule has 0 aliphatic heterocycles. The second-order valence-corrected chi connectivity index (χ2v) is 13.6. The number of nitrogens with one attached hydrogen (secondary N) is 1. The Labute approximate surface area is 262 Å². The molecule has 1 saturated carbocycles. The van der Waals surface area contributed by atoms with E-state index in [-0.39, 0.29) is 43.8 Å². The van der Waals surface area contributed by atoms with Gasteiger partial charge in [0, 0.05) is 38.0 Å². The van der Waals surface area contributed by atoms with Crippen LogP contribution in [0.5, 0.6) is 5.75 Å². The van der Waals surface area contributed by atoms with Gasteiger partial charge in [0.2, 0.25) is 21.8 Å². The molecule has 1 fully saturated rings. The van der Waals surface area contributed by atoms with Gasteiger partial charge < -0.3 is 15.0 Å². The summed E-state index contributed by atoms with van der Waals surface area (Å²) >= 11 is 0. The average Bonchev–Trinajstić information content (AvgIpc) is 3.02. The van der Waals surface area contributed by atoms with Crippen molar-refractivity contribution < 1.29 is 22.7 Å². The second kappa shape index (κ2) is 15.7. The van der Waals surface area contributed by atoms with Crippen molar-refractivity contribution >= 4 is 27.5 Å². The van der Waals surface area contributed by atoms with Gasteiger partial charge in [-0.15, -0.1) is 0 Å². The van der Waals surface area contributed by atoms with Gasteiger partial charge in [-0.1, -0.05) is 85.5 Å². The maximum absolute atomic E-state index is 14.1. The highest BCUT2D eigenvalue weighted by Crippen LogP contribution is 2.25. The third kappa shape index (κ3) is 9.58. The molecule has 1 aliphatic rings. The summed E-state index contributed by atoms with van der Waals surface area (Å²) in [4.78, 5) is 29.7. The van der Waals surface area contributed by atoms with Crippen molar-refractivity contribution in [1.82, 2.24) is 10.2 Å². The molecule has 3 aromatic rings. The number of anilines is 1. The molecule has 1 N–H and O–H groups in total. The van der Waals surface area contributed by atoms with Crippen LogP contribution in [0.4, 0.5) is 5.69 Å². The highest BCUT2D eigenvalue weighted by atomic mass is 32.2. The van der Waals surface area contributed by atoms with Crippen molar-refractivity contribution in [2.75, 3.05) is 24.2 Å². The van der Waals surface area contributed by atoms with E-state index < -0.39 is 16.1 Å². The minimum Gasteiger partial charge on any atom is -0.497 e. The molecule has 0 saturated heterocycles. The van der Waals surface area contributed by atoms with Gasteiger partial charge in [-0.05, 0) is 49.4 Å². The van der Waals surface area contributed by atoms with Crippen LogP contribution < -0.4 is 14.4 Å². The number of aryl methyl sites for hydroxylation is 1. The molecule has 0 unspecified atom stereocenters. The van der Waals surface area contributed by atoms with Crippen molar-refractivity contribution in [3.8, 4) is 5.75 Å². The van der Waals surface area contributed by atoms with Crippen LogP contribution in [-0.2, 0) is 32.6 Å². The summed E-state index contributed by atoms with van der Waals surface area (Å²) in [5.41, 5.74) is 3.49. The normalized spacial score (nSPS) is 14.4. The van der Waals surface area contributed by atoms with E-state index in [4.69, 9.17) is 4.74 Å². The lowest BCUT2D eigenvalue weighted by Crippen LogP contribution is -2.52. The fourth-order valence-electron chi connectivity index (χ4n) is 5.76. The highest BCUT2D eigenvalue weighted by Gasteiger charge is 2.32. The fourth-order valence-corrected chi connectivity index (χ4v) is 6.72. The van der Waals surface area contributed by atoms with E-state index >= 15 is 0 Å². The van der Waals surface area contributed by atoms with E-state index in [1.807, 2.05) is 61.5 Å². The second-order valence-electron chi connectivity index (χ2n) is 11.7. The third-order valence-corrected chi connectivity index (χ3v) is 9.38. The largest absolute Gasteiger partial charge is 0.497 e. The minimum atomic E-state index is -3.61. The maximum Gasteiger partial charge on any atom is 0.243 e. The van der Waals surface area contributed by atoms with Crippen LogP contribution in [0.25, 0.3) is 0 Å². The molecule has 0 spiro atoms. The number of rotatable bonds is 14. The van der Waals surface area contributed by atoms with Crippen LogP contribution in [-0.4, -0.2) is 57.1 Å². The van der Waals surface area contributed by atoms with Crippen LogP contribution in [0.3, 0.4) is 0 Å². The lowest BCUT2D eigenvalue weighted by atomic mass is 9.94. The quantitative estimate of drug-likeness (QED) is 0.252. The summed E-state index contributed by atoms with van der Waals surface area (Å²) < 4.78 is 32.1. The van der Waals surface area contributed by atoms with Crippen molar-refractivity contribution in [1.29, 1.82) is 0 Å². The number of carbonyl (C=O) groups excluding carboxylic acids is 2. The fraction of sp³-hybridized carbons (Fsp3) is 0.429. The molecule has 9 heteroatoms. The van der Waals surface area contributed by atoms with Crippen molar-refractivity contribution in [2.24, 2.45) is 0 Å². The number of carbonyl (C=O) groups is 2. The Morgan fingerprint density at radius 1 is 0.932 bits per heavy atom. The molecule has 0 bridgehead atoms. The van der Waals surface area contributed by atoms with Gasteiger partial charge in [0.05, 0.1) is 19.1 Å². The van der Waals surface area contributed by atoms with E-state index in [1.165, 1.54) is 17.8 Å². The number of methoxy groups -OCH3 is 1. The molecule has 0 radical (unpaired) electrons. The Morgan fingerprint density at radius 2 is 1.64 bits per heavy atom. The number of sulfonamides is 1. The number of nitrogens with zero attached hydrogens (tertiary/aromatic N) is 2. The Bertz CT molecular complexity index is 1470. The van der Waals surface area contributed by atoms with E-state index in [1.54, 1.807) is 29.2 Å². The zero-order valence-corrected chi connectivity index (χ0v) is 26.9. The first-order valence-corrected chi connectivity index (χ1v) is 17.3. The predicted molar refractivity (Wildman–Crippen MR) is 175 cm³/mol. The summed E-state index contributed by atoms with van der Waals surface area (Å²) in [5.74, 6) is 0.212. The smallest absolute Gasteiger partial charge is 0.243 e. The number of benzene rings is 3. The Morgan fingerprint density at radius 3 is 2.30 bits per heavy atom. The molecule has 44 heavy (non-hydrogen) atoms. The third-order valence-electron chi connectivity index (χ3n) is 8.19. The Hall–Kier alpha value is -3.85. The van der Waals surface area contributed by atoms with Gasteiger partial charge in [0.15, 0.2) is 0 Å². The predicted octanol–water partition coefficient (Wildman–Crippen LogP) is 5.64. The summed E-state index contributed by atoms with van der Waals surface area (Å²) in [5, 5.41) is 3.26. The first kappa shape index (κ1) is 33.1. The van der Waals surface area contributed by atoms with Gasteiger partial charge in [0.25, 0.3) is 0 Å². The zero-order valence-electron chi connectivity index (χ0n) is 26.1. The molecular formula is C35H45N3O5S. The van der Waals surface area contributed by atoms with Crippen LogP contribution in [0, 0.1) is 6.92 Å². The van der Waals surface area contributed by atoms with Crippen molar-refractivity contribution in [3.05, 3.63) is 95.6 Å². The molecule has 236 valence electrons. The van der Waals surface area contributed by atoms with E-state index in [0.717, 1.165) is 48.6 Å². The Kier molecular flexibility index (Phi) is 11.8. The maximum atomic E-state index is 14.1. The van der Waals surface area contributed by atoms with Crippen LogP contribution in [0.2, 0.25) is 0 Å². The molecule has 0 heterocycles. The molecule has 4 rings (SSSR count). The monoisotopic (exact) mass is 619 g/mol.